The van der Waals surface area contributed by atoms with Gasteiger partial charge in [-0.15, -0.1) is 0 Å². The summed E-state index contributed by atoms with van der Waals surface area (Å²) in [5.74, 6) is -2.17. The highest BCUT2D eigenvalue weighted by Crippen LogP contribution is 2.20. The molecular weight excluding hydrogens is 390 g/mol. The number of benzene rings is 1. The van der Waals surface area contributed by atoms with Crippen molar-refractivity contribution in [2.45, 2.75) is 34.6 Å². The molecule has 0 radical (unpaired) electrons. The summed E-state index contributed by atoms with van der Waals surface area (Å²) in [5, 5.41) is 4.66. The number of imide groups is 1. The topological polar surface area (TPSA) is 127 Å². The van der Waals surface area contributed by atoms with E-state index in [1.165, 1.54) is 0 Å². The maximum absolute atomic E-state index is 12.4. The molecule has 0 atom stereocenters. The van der Waals surface area contributed by atoms with Crippen LogP contribution >= 0.6 is 0 Å². The van der Waals surface area contributed by atoms with Crippen molar-refractivity contribution in [3.63, 3.8) is 0 Å². The predicted molar refractivity (Wildman–Crippen MR) is 110 cm³/mol. The molecule has 0 aliphatic carbocycles. The van der Waals surface area contributed by atoms with Crippen LogP contribution in [0.15, 0.2) is 18.2 Å². The molecule has 9 heteroatoms. The average Bonchev–Trinajstić information content (AvgIpc) is 2.96. The number of hydrogen-bond donors (Lipinski definition) is 3. The SMILES string of the molecule is CCOC(=O)c1[nH]c(C)c(C(=O)OCC(=O)NC(=O)Nc2ccc(C)cc2C)c1C. The van der Waals surface area contributed by atoms with Crippen LogP contribution in [0.1, 0.15) is 50.2 Å². The highest BCUT2D eigenvalue weighted by atomic mass is 16.5. The van der Waals surface area contributed by atoms with Crippen LogP contribution in [-0.4, -0.2) is 42.1 Å². The quantitative estimate of drug-likeness (QED) is 0.623. The Morgan fingerprint density at radius 1 is 1.00 bits per heavy atom. The summed E-state index contributed by atoms with van der Waals surface area (Å²) in [6, 6.07) is 4.72. The number of nitrogens with one attached hydrogen (secondary N) is 3. The average molecular weight is 415 g/mol. The molecule has 1 aromatic carbocycles. The summed E-state index contributed by atoms with van der Waals surface area (Å²) in [4.78, 5) is 51.0. The Kier molecular flexibility index (Phi) is 7.35. The van der Waals surface area contributed by atoms with Crippen LogP contribution in [0, 0.1) is 27.7 Å². The Morgan fingerprint density at radius 3 is 2.33 bits per heavy atom. The first-order valence-corrected chi connectivity index (χ1v) is 9.35. The van der Waals surface area contributed by atoms with E-state index in [1.807, 2.05) is 26.0 Å². The molecule has 1 aromatic heterocycles. The molecule has 1 heterocycles. The smallest absolute Gasteiger partial charge is 0.355 e. The zero-order valence-electron chi connectivity index (χ0n) is 17.6. The van der Waals surface area contributed by atoms with Gasteiger partial charge in [0.2, 0.25) is 0 Å². The predicted octanol–water partition coefficient (Wildman–Crippen LogP) is 2.93. The van der Waals surface area contributed by atoms with Gasteiger partial charge in [-0.1, -0.05) is 17.7 Å². The lowest BCUT2D eigenvalue weighted by atomic mass is 10.1. The number of aryl methyl sites for hydroxylation is 3. The first kappa shape index (κ1) is 22.7. The number of esters is 2. The van der Waals surface area contributed by atoms with Crippen molar-refractivity contribution in [1.82, 2.24) is 10.3 Å². The van der Waals surface area contributed by atoms with E-state index in [-0.39, 0.29) is 17.9 Å². The van der Waals surface area contributed by atoms with Crippen molar-refractivity contribution in [3.8, 4) is 0 Å². The number of aromatic amines is 1. The summed E-state index contributed by atoms with van der Waals surface area (Å²) in [7, 11) is 0. The van der Waals surface area contributed by atoms with Crippen molar-refractivity contribution in [1.29, 1.82) is 0 Å². The second-order valence-corrected chi connectivity index (χ2v) is 6.74. The van der Waals surface area contributed by atoms with Gasteiger partial charge in [0.15, 0.2) is 6.61 Å². The van der Waals surface area contributed by atoms with Crippen molar-refractivity contribution >= 4 is 29.6 Å². The standard InChI is InChI=1S/C21H25N3O6/c1-6-29-20(27)18-13(4)17(14(5)22-18)19(26)30-10-16(25)24-21(28)23-15-8-7-11(2)9-12(15)3/h7-9,22H,6,10H2,1-5H3,(H2,23,24,25,28). The third-order valence-electron chi connectivity index (χ3n) is 4.34. The molecule has 0 aliphatic rings. The molecule has 30 heavy (non-hydrogen) atoms. The first-order valence-electron chi connectivity index (χ1n) is 9.35. The molecule has 0 bridgehead atoms. The van der Waals surface area contributed by atoms with E-state index >= 15 is 0 Å². The first-order chi connectivity index (χ1) is 14.1. The van der Waals surface area contributed by atoms with E-state index in [0.717, 1.165) is 11.1 Å². The molecule has 0 aliphatic heterocycles. The van der Waals surface area contributed by atoms with Crippen LogP contribution in [0.25, 0.3) is 0 Å². The molecule has 0 unspecified atom stereocenters. The molecular formula is C21H25N3O6. The summed E-state index contributed by atoms with van der Waals surface area (Å²) < 4.78 is 9.92. The van der Waals surface area contributed by atoms with Crippen molar-refractivity contribution < 1.29 is 28.7 Å². The van der Waals surface area contributed by atoms with Crippen molar-refractivity contribution in [3.05, 3.63) is 51.8 Å². The fourth-order valence-electron chi connectivity index (χ4n) is 2.94. The fraction of sp³-hybridized carbons (Fsp3) is 0.333. The van der Waals surface area contributed by atoms with Gasteiger partial charge < -0.3 is 19.8 Å². The number of ether oxygens (including phenoxy) is 2. The Hall–Kier alpha value is -3.62. The van der Waals surface area contributed by atoms with Gasteiger partial charge >= 0.3 is 18.0 Å². The van der Waals surface area contributed by atoms with Gasteiger partial charge in [-0.25, -0.2) is 14.4 Å². The molecule has 0 saturated carbocycles. The van der Waals surface area contributed by atoms with Gasteiger partial charge in [0, 0.05) is 11.4 Å². The highest BCUT2D eigenvalue weighted by Gasteiger charge is 2.24. The number of anilines is 1. The third-order valence-corrected chi connectivity index (χ3v) is 4.34. The molecule has 3 amide bonds. The van der Waals surface area contributed by atoms with Gasteiger partial charge in [0.1, 0.15) is 5.69 Å². The lowest BCUT2D eigenvalue weighted by molar-refractivity contribution is -0.123. The second kappa shape index (κ2) is 9.73. The Balaban J connectivity index is 1.94. The molecule has 160 valence electrons. The van der Waals surface area contributed by atoms with Crippen molar-refractivity contribution in [2.75, 3.05) is 18.5 Å². The van der Waals surface area contributed by atoms with Crippen LogP contribution in [0.4, 0.5) is 10.5 Å². The number of rotatable bonds is 6. The monoisotopic (exact) mass is 415 g/mol. The Morgan fingerprint density at radius 2 is 1.70 bits per heavy atom. The van der Waals surface area contributed by atoms with Gasteiger partial charge in [-0.3, -0.25) is 10.1 Å². The second-order valence-electron chi connectivity index (χ2n) is 6.74. The fourth-order valence-corrected chi connectivity index (χ4v) is 2.94. The Labute approximate surface area is 174 Å². The molecule has 0 spiro atoms. The van der Waals surface area contributed by atoms with Crippen LogP contribution in [0.5, 0.6) is 0 Å². The lowest BCUT2D eigenvalue weighted by Crippen LogP contribution is -2.37. The maximum Gasteiger partial charge on any atom is 0.355 e. The van der Waals surface area contributed by atoms with E-state index in [1.54, 1.807) is 26.8 Å². The minimum atomic E-state index is -0.790. The minimum absolute atomic E-state index is 0.144. The van der Waals surface area contributed by atoms with Crippen LogP contribution < -0.4 is 10.6 Å². The van der Waals surface area contributed by atoms with E-state index in [4.69, 9.17) is 9.47 Å². The van der Waals surface area contributed by atoms with Crippen LogP contribution in [0.3, 0.4) is 0 Å². The lowest BCUT2D eigenvalue weighted by Gasteiger charge is -2.10. The molecule has 0 saturated heterocycles. The molecule has 3 N–H and O–H groups in total. The molecule has 2 aromatic rings. The highest BCUT2D eigenvalue weighted by molar-refractivity contribution is 6.03. The van der Waals surface area contributed by atoms with Gasteiger partial charge in [-0.05, 0) is 51.8 Å². The van der Waals surface area contributed by atoms with Crippen LogP contribution in [0.2, 0.25) is 0 Å². The minimum Gasteiger partial charge on any atom is -0.461 e. The van der Waals surface area contributed by atoms with Gasteiger partial charge in [0.25, 0.3) is 5.91 Å². The third kappa shape index (κ3) is 5.47. The number of hydrogen-bond acceptors (Lipinski definition) is 6. The van der Waals surface area contributed by atoms with Gasteiger partial charge in [0.05, 0.1) is 12.2 Å². The number of H-pyrrole nitrogens is 1. The van der Waals surface area contributed by atoms with Gasteiger partial charge in [-0.2, -0.15) is 0 Å². The van der Waals surface area contributed by atoms with E-state index < -0.39 is 30.5 Å². The number of amides is 3. The summed E-state index contributed by atoms with van der Waals surface area (Å²) >= 11 is 0. The number of carbonyl (C=O) groups is 4. The molecule has 2 rings (SSSR count). The zero-order chi connectivity index (χ0) is 22.4. The number of carbonyl (C=O) groups excluding carboxylic acids is 4. The largest absolute Gasteiger partial charge is 0.461 e. The van der Waals surface area contributed by atoms with Crippen molar-refractivity contribution in [2.24, 2.45) is 0 Å². The van der Waals surface area contributed by atoms with E-state index in [0.29, 0.717) is 16.9 Å². The Bertz CT molecular complexity index is 993. The van der Waals surface area contributed by atoms with E-state index in [2.05, 4.69) is 15.6 Å². The number of aromatic nitrogens is 1. The van der Waals surface area contributed by atoms with Crippen LogP contribution in [-0.2, 0) is 14.3 Å². The summed E-state index contributed by atoms with van der Waals surface area (Å²) in [6.07, 6.45) is 0. The number of urea groups is 1. The summed E-state index contributed by atoms with van der Waals surface area (Å²) in [5.41, 5.74) is 3.53. The molecule has 9 nitrogen and oxygen atoms in total. The summed E-state index contributed by atoms with van der Waals surface area (Å²) in [6.45, 7) is 8.15. The zero-order valence-corrected chi connectivity index (χ0v) is 17.6. The van der Waals surface area contributed by atoms with E-state index in [9.17, 15) is 19.2 Å². The normalized spacial score (nSPS) is 10.3. The maximum atomic E-state index is 12.4. The molecule has 0 fully saturated rings.